The number of aliphatic hydroxyl groups is 1. The van der Waals surface area contributed by atoms with Gasteiger partial charge >= 0.3 is 0 Å². The molecule has 0 heterocycles. The van der Waals surface area contributed by atoms with Gasteiger partial charge in [0.25, 0.3) is 0 Å². The molecule has 100 valence electrons. The molecule has 0 aliphatic rings. The van der Waals surface area contributed by atoms with E-state index in [4.69, 9.17) is 11.6 Å². The molecule has 0 saturated carbocycles. The molecule has 1 nitrogen and oxygen atoms in total. The van der Waals surface area contributed by atoms with E-state index in [0.717, 1.165) is 29.0 Å². The van der Waals surface area contributed by atoms with Crippen LogP contribution in [0.5, 0.6) is 0 Å². The standard InChI is InChI=1S/C16H23ClO/c1-3-4-5-6-7-16(18)12-13(2)14-8-10-15(17)11-9-14/h8-12,16,18H,3-7H2,1-2H3/b13-12+/t16-/m0/s1. The maximum atomic E-state index is 9.93. The van der Waals surface area contributed by atoms with Crippen LogP contribution in [0.25, 0.3) is 5.57 Å². The van der Waals surface area contributed by atoms with Crippen molar-refractivity contribution in [3.8, 4) is 0 Å². The number of benzene rings is 1. The summed E-state index contributed by atoms with van der Waals surface area (Å²) in [6.07, 6.45) is 7.25. The zero-order chi connectivity index (χ0) is 13.4. The van der Waals surface area contributed by atoms with E-state index in [0.29, 0.717) is 0 Å². The highest BCUT2D eigenvalue weighted by molar-refractivity contribution is 6.30. The van der Waals surface area contributed by atoms with Gasteiger partial charge in [-0.15, -0.1) is 0 Å². The highest BCUT2D eigenvalue weighted by Gasteiger charge is 2.02. The average Bonchev–Trinajstić information content (AvgIpc) is 2.35. The molecule has 0 spiro atoms. The Morgan fingerprint density at radius 3 is 2.50 bits per heavy atom. The van der Waals surface area contributed by atoms with Crippen LogP contribution < -0.4 is 0 Å². The lowest BCUT2D eigenvalue weighted by atomic mass is 10.0. The van der Waals surface area contributed by atoms with Gasteiger partial charge in [-0.05, 0) is 36.6 Å². The molecule has 0 amide bonds. The second-order valence-corrected chi connectivity index (χ2v) is 5.21. The third-order valence-corrected chi connectivity index (χ3v) is 3.35. The minimum atomic E-state index is -0.336. The van der Waals surface area contributed by atoms with E-state index in [2.05, 4.69) is 6.92 Å². The summed E-state index contributed by atoms with van der Waals surface area (Å²) in [6.45, 7) is 4.22. The van der Waals surface area contributed by atoms with E-state index < -0.39 is 0 Å². The Balaban J connectivity index is 2.46. The molecule has 0 bridgehead atoms. The number of allylic oxidation sites excluding steroid dienone is 1. The van der Waals surface area contributed by atoms with Gasteiger partial charge in [0, 0.05) is 5.02 Å². The summed E-state index contributed by atoms with van der Waals surface area (Å²) in [5.41, 5.74) is 2.22. The van der Waals surface area contributed by atoms with Crippen molar-refractivity contribution < 1.29 is 5.11 Å². The van der Waals surface area contributed by atoms with Gasteiger partial charge in [-0.25, -0.2) is 0 Å². The van der Waals surface area contributed by atoms with Crippen molar-refractivity contribution in [2.75, 3.05) is 0 Å². The molecular formula is C16H23ClO. The van der Waals surface area contributed by atoms with E-state index in [1.807, 2.05) is 37.3 Å². The third kappa shape index (κ3) is 5.70. The molecule has 1 N–H and O–H groups in total. The number of unbranched alkanes of at least 4 members (excludes halogenated alkanes) is 3. The van der Waals surface area contributed by atoms with E-state index >= 15 is 0 Å². The predicted molar refractivity (Wildman–Crippen MR) is 79.9 cm³/mol. The Morgan fingerprint density at radius 2 is 1.89 bits per heavy atom. The van der Waals surface area contributed by atoms with Crippen LogP contribution in [0.4, 0.5) is 0 Å². The second kappa shape index (κ2) is 8.34. The van der Waals surface area contributed by atoms with Crippen molar-refractivity contribution in [2.24, 2.45) is 0 Å². The van der Waals surface area contributed by atoms with Crippen molar-refractivity contribution in [1.82, 2.24) is 0 Å². The van der Waals surface area contributed by atoms with Gasteiger partial charge in [-0.3, -0.25) is 0 Å². The summed E-state index contributed by atoms with van der Waals surface area (Å²) >= 11 is 5.85. The van der Waals surface area contributed by atoms with E-state index in [1.165, 1.54) is 19.3 Å². The number of rotatable bonds is 7. The fourth-order valence-electron chi connectivity index (χ4n) is 1.96. The largest absolute Gasteiger partial charge is 0.389 e. The van der Waals surface area contributed by atoms with Crippen molar-refractivity contribution >= 4 is 17.2 Å². The number of hydrogen-bond donors (Lipinski definition) is 1. The van der Waals surface area contributed by atoms with Crippen molar-refractivity contribution in [3.05, 3.63) is 40.9 Å². The minimum Gasteiger partial charge on any atom is -0.389 e. The third-order valence-electron chi connectivity index (χ3n) is 3.10. The summed E-state index contributed by atoms with van der Waals surface area (Å²) in [4.78, 5) is 0. The molecular weight excluding hydrogens is 244 g/mol. The number of aliphatic hydroxyl groups excluding tert-OH is 1. The Hall–Kier alpha value is -0.790. The molecule has 0 aromatic heterocycles. The summed E-state index contributed by atoms with van der Waals surface area (Å²) in [6, 6.07) is 7.72. The first-order chi connectivity index (χ1) is 8.63. The van der Waals surface area contributed by atoms with Gasteiger partial charge in [0.1, 0.15) is 0 Å². The lowest BCUT2D eigenvalue weighted by molar-refractivity contribution is 0.208. The topological polar surface area (TPSA) is 20.2 Å². The first kappa shape index (κ1) is 15.3. The van der Waals surface area contributed by atoms with E-state index in [-0.39, 0.29) is 6.10 Å². The van der Waals surface area contributed by atoms with Gasteiger partial charge in [-0.2, -0.15) is 0 Å². The molecule has 0 fully saturated rings. The first-order valence-corrected chi connectivity index (χ1v) is 7.13. The molecule has 0 radical (unpaired) electrons. The molecule has 1 rings (SSSR count). The molecule has 0 saturated heterocycles. The summed E-state index contributed by atoms with van der Waals surface area (Å²) in [5.74, 6) is 0. The lowest BCUT2D eigenvalue weighted by Gasteiger charge is -2.08. The smallest absolute Gasteiger partial charge is 0.0726 e. The van der Waals surface area contributed by atoms with Crippen LogP contribution in [-0.2, 0) is 0 Å². The Labute approximate surface area is 115 Å². The highest BCUT2D eigenvalue weighted by Crippen LogP contribution is 2.18. The zero-order valence-corrected chi connectivity index (χ0v) is 12.1. The van der Waals surface area contributed by atoms with E-state index in [1.54, 1.807) is 0 Å². The molecule has 2 heteroatoms. The Bertz CT molecular complexity index is 367. The summed E-state index contributed by atoms with van der Waals surface area (Å²) < 4.78 is 0. The van der Waals surface area contributed by atoms with Crippen molar-refractivity contribution in [1.29, 1.82) is 0 Å². The second-order valence-electron chi connectivity index (χ2n) is 4.77. The monoisotopic (exact) mass is 266 g/mol. The van der Waals surface area contributed by atoms with Crippen LogP contribution in [-0.4, -0.2) is 11.2 Å². The summed E-state index contributed by atoms with van der Waals surface area (Å²) in [5, 5.41) is 10.7. The van der Waals surface area contributed by atoms with Gasteiger partial charge in [0.2, 0.25) is 0 Å². The van der Waals surface area contributed by atoms with Gasteiger partial charge in [-0.1, -0.05) is 62.4 Å². The molecule has 1 aromatic rings. The van der Waals surface area contributed by atoms with Crippen LogP contribution in [0.2, 0.25) is 5.02 Å². The molecule has 18 heavy (non-hydrogen) atoms. The summed E-state index contributed by atoms with van der Waals surface area (Å²) in [7, 11) is 0. The fraction of sp³-hybridized carbons (Fsp3) is 0.500. The minimum absolute atomic E-state index is 0.336. The van der Waals surface area contributed by atoms with Gasteiger partial charge in [0.05, 0.1) is 6.10 Å². The molecule has 0 unspecified atom stereocenters. The Kier molecular flexibility index (Phi) is 7.07. The van der Waals surface area contributed by atoms with Crippen LogP contribution in [0, 0.1) is 0 Å². The maximum Gasteiger partial charge on any atom is 0.0726 e. The van der Waals surface area contributed by atoms with E-state index in [9.17, 15) is 5.11 Å². The first-order valence-electron chi connectivity index (χ1n) is 6.76. The maximum absolute atomic E-state index is 9.93. The SMILES string of the molecule is CCCCCC[C@H](O)/C=C(\C)c1ccc(Cl)cc1. The highest BCUT2D eigenvalue weighted by atomic mass is 35.5. The molecule has 1 atom stereocenters. The number of halogens is 1. The lowest BCUT2D eigenvalue weighted by Crippen LogP contribution is -2.02. The van der Waals surface area contributed by atoms with Gasteiger partial charge in [0.15, 0.2) is 0 Å². The van der Waals surface area contributed by atoms with Crippen molar-refractivity contribution in [3.63, 3.8) is 0 Å². The molecule has 0 aliphatic carbocycles. The normalized spacial score (nSPS) is 13.7. The molecule has 0 aliphatic heterocycles. The average molecular weight is 267 g/mol. The van der Waals surface area contributed by atoms with Crippen LogP contribution in [0.1, 0.15) is 51.5 Å². The van der Waals surface area contributed by atoms with Gasteiger partial charge < -0.3 is 5.11 Å². The van der Waals surface area contributed by atoms with Crippen LogP contribution in [0.15, 0.2) is 30.3 Å². The number of hydrogen-bond acceptors (Lipinski definition) is 1. The quantitative estimate of drug-likeness (QED) is 0.683. The fourth-order valence-corrected chi connectivity index (χ4v) is 2.09. The molecule has 1 aromatic carbocycles. The Morgan fingerprint density at radius 1 is 1.22 bits per heavy atom. The predicted octanol–water partition coefficient (Wildman–Crippen LogP) is 5.07. The van der Waals surface area contributed by atoms with Crippen molar-refractivity contribution in [2.45, 2.75) is 52.1 Å². The zero-order valence-electron chi connectivity index (χ0n) is 11.3. The van der Waals surface area contributed by atoms with Crippen LogP contribution in [0.3, 0.4) is 0 Å². The van der Waals surface area contributed by atoms with Crippen LogP contribution >= 0.6 is 11.6 Å².